The van der Waals surface area contributed by atoms with E-state index in [1.54, 1.807) is 0 Å². The Kier molecular flexibility index (Phi) is 4.48. The number of likely N-dealkylation sites (tertiary alicyclic amines) is 1. The first-order valence-corrected chi connectivity index (χ1v) is 7.45. The molecule has 1 saturated carbocycles. The summed E-state index contributed by atoms with van der Waals surface area (Å²) in [6.07, 6.45) is 6.45. The Hall–Kier alpha value is -0.0800. The van der Waals surface area contributed by atoms with E-state index < -0.39 is 0 Å². The molecule has 1 heterocycles. The van der Waals surface area contributed by atoms with E-state index in [4.69, 9.17) is 4.74 Å². The third-order valence-corrected chi connectivity index (χ3v) is 4.57. The number of rotatable bonds is 4. The fraction of sp³-hybridized carbons (Fsp3) is 1.00. The average Bonchev–Trinajstić information content (AvgIpc) is 2.23. The Balaban J connectivity index is 1.66. The molecule has 1 aliphatic heterocycles. The van der Waals surface area contributed by atoms with Crippen molar-refractivity contribution < 1.29 is 4.74 Å². The van der Waals surface area contributed by atoms with Gasteiger partial charge in [0.15, 0.2) is 0 Å². The maximum atomic E-state index is 5.86. The quantitative estimate of drug-likeness (QED) is 0.746. The molecule has 0 unspecified atom stereocenters. The number of hydrogen-bond acceptors (Lipinski definition) is 2. The molecular formula is C15H29NO. The SMILES string of the molecule is CC(C)OC1CC(C2CCN(C(C)C)CC2)C1. The Bertz CT molecular complexity index is 225. The molecule has 0 spiro atoms. The Morgan fingerprint density at radius 3 is 2.00 bits per heavy atom. The van der Waals surface area contributed by atoms with Crippen LogP contribution in [-0.4, -0.2) is 36.2 Å². The Morgan fingerprint density at radius 1 is 0.941 bits per heavy atom. The van der Waals surface area contributed by atoms with Crippen molar-refractivity contribution in [1.82, 2.24) is 4.90 Å². The van der Waals surface area contributed by atoms with E-state index in [9.17, 15) is 0 Å². The van der Waals surface area contributed by atoms with E-state index in [0.717, 1.165) is 17.9 Å². The van der Waals surface area contributed by atoms with Crippen LogP contribution in [0, 0.1) is 11.8 Å². The van der Waals surface area contributed by atoms with Crippen molar-refractivity contribution in [2.24, 2.45) is 11.8 Å². The summed E-state index contributed by atoms with van der Waals surface area (Å²) in [5.41, 5.74) is 0. The summed E-state index contributed by atoms with van der Waals surface area (Å²) in [5.74, 6) is 1.95. The first-order valence-electron chi connectivity index (χ1n) is 7.45. The Labute approximate surface area is 107 Å². The number of hydrogen-bond donors (Lipinski definition) is 0. The average molecular weight is 239 g/mol. The van der Waals surface area contributed by atoms with Crippen molar-refractivity contribution in [3.63, 3.8) is 0 Å². The molecule has 2 aliphatic rings. The van der Waals surface area contributed by atoms with E-state index in [1.165, 1.54) is 38.8 Å². The molecule has 1 saturated heterocycles. The van der Waals surface area contributed by atoms with Crippen LogP contribution in [0.15, 0.2) is 0 Å². The molecule has 2 heteroatoms. The zero-order chi connectivity index (χ0) is 12.4. The van der Waals surface area contributed by atoms with E-state index >= 15 is 0 Å². The van der Waals surface area contributed by atoms with Crippen LogP contribution in [0.2, 0.25) is 0 Å². The summed E-state index contributed by atoms with van der Waals surface area (Å²) in [6, 6.07) is 0.731. The molecule has 2 fully saturated rings. The minimum absolute atomic E-state index is 0.406. The molecule has 0 aromatic carbocycles. The topological polar surface area (TPSA) is 12.5 Å². The first kappa shape index (κ1) is 13.4. The lowest BCUT2D eigenvalue weighted by Gasteiger charge is -2.45. The predicted octanol–water partition coefficient (Wildman–Crippen LogP) is 3.31. The lowest BCUT2D eigenvalue weighted by atomic mass is 9.70. The fourth-order valence-electron chi connectivity index (χ4n) is 3.39. The summed E-state index contributed by atoms with van der Waals surface area (Å²) in [4.78, 5) is 2.62. The summed E-state index contributed by atoms with van der Waals surface area (Å²) in [7, 11) is 0. The van der Waals surface area contributed by atoms with E-state index in [1.807, 2.05) is 0 Å². The van der Waals surface area contributed by atoms with Crippen molar-refractivity contribution in [3.8, 4) is 0 Å². The third-order valence-electron chi connectivity index (χ3n) is 4.57. The van der Waals surface area contributed by atoms with Crippen LogP contribution in [0.5, 0.6) is 0 Å². The maximum absolute atomic E-state index is 5.86. The molecule has 0 aromatic rings. The van der Waals surface area contributed by atoms with Gasteiger partial charge in [-0.3, -0.25) is 0 Å². The highest BCUT2D eigenvalue weighted by Gasteiger charge is 2.37. The van der Waals surface area contributed by atoms with Gasteiger partial charge in [0, 0.05) is 6.04 Å². The molecule has 0 aromatic heterocycles. The second-order valence-corrected chi connectivity index (χ2v) is 6.51. The van der Waals surface area contributed by atoms with Crippen molar-refractivity contribution in [2.75, 3.05) is 13.1 Å². The van der Waals surface area contributed by atoms with Crippen molar-refractivity contribution >= 4 is 0 Å². The standard InChI is InChI=1S/C15H29NO/c1-11(2)16-7-5-13(6-8-16)14-9-15(10-14)17-12(3)4/h11-15H,5-10H2,1-4H3. The first-order chi connectivity index (χ1) is 8.06. The van der Waals surface area contributed by atoms with Crippen molar-refractivity contribution in [3.05, 3.63) is 0 Å². The van der Waals surface area contributed by atoms with Gasteiger partial charge in [-0.1, -0.05) is 0 Å². The zero-order valence-corrected chi connectivity index (χ0v) is 12.0. The molecule has 0 atom stereocenters. The highest BCUT2D eigenvalue weighted by Crippen LogP contribution is 2.41. The number of ether oxygens (including phenoxy) is 1. The predicted molar refractivity (Wildman–Crippen MR) is 72.2 cm³/mol. The van der Waals surface area contributed by atoms with Gasteiger partial charge < -0.3 is 9.64 Å². The summed E-state index contributed by atoms with van der Waals surface area (Å²) >= 11 is 0. The van der Waals surface area contributed by atoms with Crippen molar-refractivity contribution in [1.29, 1.82) is 0 Å². The van der Waals surface area contributed by atoms with Crippen LogP contribution >= 0.6 is 0 Å². The smallest absolute Gasteiger partial charge is 0.0584 e. The largest absolute Gasteiger partial charge is 0.376 e. The molecule has 0 N–H and O–H groups in total. The van der Waals surface area contributed by atoms with Gasteiger partial charge in [-0.25, -0.2) is 0 Å². The van der Waals surface area contributed by atoms with E-state index in [-0.39, 0.29) is 0 Å². The van der Waals surface area contributed by atoms with Gasteiger partial charge in [-0.15, -0.1) is 0 Å². The van der Waals surface area contributed by atoms with Gasteiger partial charge >= 0.3 is 0 Å². The normalized spacial score (nSPS) is 32.1. The third kappa shape index (κ3) is 3.45. The van der Waals surface area contributed by atoms with Crippen LogP contribution in [0.4, 0.5) is 0 Å². The van der Waals surface area contributed by atoms with Gasteiger partial charge in [0.2, 0.25) is 0 Å². The van der Waals surface area contributed by atoms with Crippen LogP contribution in [0.3, 0.4) is 0 Å². The molecule has 2 nitrogen and oxygen atoms in total. The van der Waals surface area contributed by atoms with E-state index in [0.29, 0.717) is 12.2 Å². The van der Waals surface area contributed by atoms with Crippen LogP contribution < -0.4 is 0 Å². The fourth-order valence-corrected chi connectivity index (χ4v) is 3.39. The molecule has 0 bridgehead atoms. The second-order valence-electron chi connectivity index (χ2n) is 6.51. The molecule has 1 aliphatic carbocycles. The van der Waals surface area contributed by atoms with Gasteiger partial charge in [0.1, 0.15) is 0 Å². The van der Waals surface area contributed by atoms with Gasteiger partial charge in [0.25, 0.3) is 0 Å². The maximum Gasteiger partial charge on any atom is 0.0584 e. The van der Waals surface area contributed by atoms with Crippen LogP contribution in [-0.2, 0) is 4.74 Å². The molecule has 0 radical (unpaired) electrons. The molecule has 100 valence electrons. The van der Waals surface area contributed by atoms with Crippen LogP contribution in [0.1, 0.15) is 53.4 Å². The van der Waals surface area contributed by atoms with Crippen molar-refractivity contribution in [2.45, 2.75) is 71.6 Å². The molecule has 0 amide bonds. The highest BCUT2D eigenvalue weighted by atomic mass is 16.5. The number of piperidine rings is 1. The summed E-state index contributed by atoms with van der Waals surface area (Å²) < 4.78 is 5.86. The minimum Gasteiger partial charge on any atom is -0.376 e. The number of nitrogens with zero attached hydrogens (tertiary/aromatic N) is 1. The Morgan fingerprint density at radius 2 is 1.53 bits per heavy atom. The lowest BCUT2D eigenvalue weighted by molar-refractivity contribution is -0.0818. The van der Waals surface area contributed by atoms with E-state index in [2.05, 4.69) is 32.6 Å². The molecular weight excluding hydrogens is 210 g/mol. The lowest BCUT2D eigenvalue weighted by Crippen LogP contribution is -2.44. The minimum atomic E-state index is 0.406. The molecule has 2 rings (SSSR count). The molecule has 17 heavy (non-hydrogen) atoms. The monoisotopic (exact) mass is 239 g/mol. The van der Waals surface area contributed by atoms with Gasteiger partial charge in [-0.2, -0.15) is 0 Å². The van der Waals surface area contributed by atoms with Gasteiger partial charge in [-0.05, 0) is 78.3 Å². The van der Waals surface area contributed by atoms with Crippen LogP contribution in [0.25, 0.3) is 0 Å². The summed E-state index contributed by atoms with van der Waals surface area (Å²) in [6.45, 7) is 11.6. The second kappa shape index (κ2) is 5.71. The highest BCUT2D eigenvalue weighted by molar-refractivity contribution is 4.88. The summed E-state index contributed by atoms with van der Waals surface area (Å²) in [5, 5.41) is 0. The van der Waals surface area contributed by atoms with Gasteiger partial charge in [0.05, 0.1) is 12.2 Å². The zero-order valence-electron chi connectivity index (χ0n) is 12.0.